The predicted octanol–water partition coefficient (Wildman–Crippen LogP) is 4.08. The third-order valence-electron chi connectivity index (χ3n) is 4.92. The Morgan fingerprint density at radius 2 is 1.92 bits per heavy atom. The maximum Gasteiger partial charge on any atom is 0.391 e. The molecule has 0 aliphatic heterocycles. The zero-order chi connectivity index (χ0) is 19.5. The summed E-state index contributed by atoms with van der Waals surface area (Å²) in [5.41, 5.74) is 0.296. The fourth-order valence-corrected chi connectivity index (χ4v) is 3.74. The van der Waals surface area contributed by atoms with Crippen LogP contribution in [0, 0.1) is 12.8 Å². The van der Waals surface area contributed by atoms with Gasteiger partial charge in [-0.15, -0.1) is 0 Å². The van der Waals surface area contributed by atoms with E-state index in [4.69, 9.17) is 4.74 Å². The Morgan fingerprint density at radius 3 is 2.46 bits per heavy atom. The number of ether oxygens (including phenoxy) is 1. The summed E-state index contributed by atoms with van der Waals surface area (Å²) in [6, 6.07) is 5.52. The molecule has 8 heteroatoms. The Balaban J connectivity index is 2.12. The molecule has 0 aromatic heterocycles. The monoisotopic (exact) mass is 435 g/mol. The Labute approximate surface area is 158 Å². The topological polar surface area (TPSA) is 55.4 Å². The quantitative estimate of drug-likeness (QED) is 0.724. The van der Waals surface area contributed by atoms with Crippen molar-refractivity contribution < 1.29 is 27.5 Å². The van der Waals surface area contributed by atoms with Gasteiger partial charge in [-0.25, -0.2) is 4.79 Å². The molecule has 1 aliphatic rings. The third kappa shape index (κ3) is 4.78. The van der Waals surface area contributed by atoms with Crippen molar-refractivity contribution >= 4 is 27.8 Å². The molecule has 1 fully saturated rings. The Kier molecular flexibility index (Phi) is 6.37. The molecule has 1 aromatic carbocycles. The van der Waals surface area contributed by atoms with Crippen molar-refractivity contribution in [1.29, 1.82) is 0 Å². The minimum atomic E-state index is -4.29. The van der Waals surface area contributed by atoms with Crippen LogP contribution >= 0.6 is 15.9 Å². The molecule has 0 saturated heterocycles. The first kappa shape index (κ1) is 20.7. The summed E-state index contributed by atoms with van der Waals surface area (Å²) in [6.07, 6.45) is -4.86. The van der Waals surface area contributed by atoms with E-state index in [1.54, 1.807) is 6.07 Å². The molecular formula is C18H21BrF3NO3. The molecule has 26 heavy (non-hydrogen) atoms. The SMILES string of the molecule is COC(=O)C1(NC(=O)Cc2cc(Br)ccc2C)CCC(C(F)(F)F)CC1. The fraction of sp³-hybridized carbons (Fsp3) is 0.556. The van der Waals surface area contributed by atoms with Gasteiger partial charge >= 0.3 is 12.1 Å². The fourth-order valence-electron chi connectivity index (χ4n) is 3.33. The van der Waals surface area contributed by atoms with E-state index >= 15 is 0 Å². The lowest BCUT2D eigenvalue weighted by Gasteiger charge is -2.38. The van der Waals surface area contributed by atoms with Gasteiger partial charge in [0.25, 0.3) is 0 Å². The van der Waals surface area contributed by atoms with Crippen LogP contribution in [-0.2, 0) is 20.7 Å². The number of nitrogens with one attached hydrogen (secondary N) is 1. The maximum atomic E-state index is 12.9. The molecule has 0 unspecified atom stereocenters. The minimum absolute atomic E-state index is 0.0344. The van der Waals surface area contributed by atoms with Crippen LogP contribution in [0.15, 0.2) is 22.7 Å². The molecule has 0 atom stereocenters. The lowest BCUT2D eigenvalue weighted by atomic mass is 9.76. The molecule has 2 rings (SSSR count). The molecule has 144 valence electrons. The molecule has 1 amide bonds. The summed E-state index contributed by atoms with van der Waals surface area (Å²) in [7, 11) is 1.17. The Hall–Kier alpha value is -1.57. The number of carbonyl (C=O) groups excluding carboxylic acids is 2. The number of methoxy groups -OCH3 is 1. The summed E-state index contributed by atoms with van der Waals surface area (Å²) in [4.78, 5) is 24.7. The number of amides is 1. The Bertz CT molecular complexity index is 683. The highest BCUT2D eigenvalue weighted by Crippen LogP contribution is 2.41. The number of carbonyl (C=O) groups is 2. The van der Waals surface area contributed by atoms with Gasteiger partial charge in [-0.2, -0.15) is 13.2 Å². The highest BCUT2D eigenvalue weighted by molar-refractivity contribution is 9.10. The number of hydrogen-bond donors (Lipinski definition) is 1. The van der Waals surface area contributed by atoms with Crippen LogP contribution in [0.2, 0.25) is 0 Å². The number of esters is 1. The molecule has 0 radical (unpaired) electrons. The summed E-state index contributed by atoms with van der Waals surface area (Å²) < 4.78 is 44.3. The average molecular weight is 436 g/mol. The smallest absolute Gasteiger partial charge is 0.391 e. The van der Waals surface area contributed by atoms with Gasteiger partial charge in [0, 0.05) is 4.47 Å². The van der Waals surface area contributed by atoms with E-state index in [-0.39, 0.29) is 32.1 Å². The zero-order valence-corrected chi connectivity index (χ0v) is 16.2. The first-order chi connectivity index (χ1) is 12.1. The minimum Gasteiger partial charge on any atom is -0.467 e. The highest BCUT2D eigenvalue weighted by atomic mass is 79.9. The van der Waals surface area contributed by atoms with Crippen LogP contribution in [0.3, 0.4) is 0 Å². The van der Waals surface area contributed by atoms with Gasteiger partial charge in [0.15, 0.2) is 0 Å². The van der Waals surface area contributed by atoms with Crippen molar-refractivity contribution in [2.75, 3.05) is 7.11 Å². The number of halogens is 4. The molecule has 1 saturated carbocycles. The van der Waals surface area contributed by atoms with Crippen LogP contribution in [0.1, 0.15) is 36.8 Å². The zero-order valence-electron chi connectivity index (χ0n) is 14.6. The van der Waals surface area contributed by atoms with E-state index in [1.165, 1.54) is 7.11 Å². The van der Waals surface area contributed by atoms with Gasteiger partial charge < -0.3 is 10.1 Å². The number of benzene rings is 1. The molecule has 4 nitrogen and oxygen atoms in total. The second kappa shape index (κ2) is 7.98. The van der Waals surface area contributed by atoms with Crippen molar-refractivity contribution in [2.45, 2.75) is 50.7 Å². The van der Waals surface area contributed by atoms with Gasteiger partial charge in [0.2, 0.25) is 5.91 Å². The first-order valence-electron chi connectivity index (χ1n) is 8.28. The Morgan fingerprint density at radius 1 is 1.31 bits per heavy atom. The summed E-state index contributed by atoms with van der Waals surface area (Å²) in [6.45, 7) is 1.86. The predicted molar refractivity (Wildman–Crippen MR) is 93.5 cm³/mol. The van der Waals surface area contributed by atoms with E-state index in [0.29, 0.717) is 0 Å². The van der Waals surface area contributed by atoms with E-state index < -0.39 is 29.5 Å². The van der Waals surface area contributed by atoms with Gasteiger partial charge in [-0.3, -0.25) is 4.79 Å². The van der Waals surface area contributed by atoms with Crippen molar-refractivity contribution in [1.82, 2.24) is 5.32 Å². The second-order valence-electron chi connectivity index (χ2n) is 6.69. The standard InChI is InChI=1S/C18H21BrF3NO3/c1-11-3-4-14(19)9-12(11)10-15(24)23-17(16(25)26-2)7-5-13(6-8-17)18(20,21)22/h3-4,9,13H,5-8,10H2,1-2H3,(H,23,24). The number of rotatable bonds is 4. The van der Waals surface area contributed by atoms with E-state index in [2.05, 4.69) is 21.2 Å². The van der Waals surface area contributed by atoms with Gasteiger partial charge in [0.1, 0.15) is 5.54 Å². The van der Waals surface area contributed by atoms with E-state index in [0.717, 1.165) is 15.6 Å². The number of hydrogen-bond acceptors (Lipinski definition) is 3. The van der Waals surface area contributed by atoms with Crippen LogP contribution in [0.5, 0.6) is 0 Å². The van der Waals surface area contributed by atoms with Crippen LogP contribution in [0.4, 0.5) is 13.2 Å². The number of aryl methyl sites for hydroxylation is 1. The van der Waals surface area contributed by atoms with Gasteiger partial charge in [-0.05, 0) is 55.9 Å². The summed E-state index contributed by atoms with van der Waals surface area (Å²) in [5, 5.41) is 2.65. The average Bonchev–Trinajstić information content (AvgIpc) is 2.57. The van der Waals surface area contributed by atoms with Gasteiger partial charge in [0.05, 0.1) is 19.4 Å². The molecule has 1 aromatic rings. The lowest BCUT2D eigenvalue weighted by Crippen LogP contribution is -2.58. The maximum absolute atomic E-state index is 12.9. The summed E-state index contributed by atoms with van der Waals surface area (Å²) >= 11 is 3.34. The lowest BCUT2D eigenvalue weighted by molar-refractivity contribution is -0.188. The third-order valence-corrected chi connectivity index (χ3v) is 5.41. The molecular weight excluding hydrogens is 415 g/mol. The van der Waals surface area contributed by atoms with E-state index in [9.17, 15) is 22.8 Å². The van der Waals surface area contributed by atoms with Crippen molar-refractivity contribution in [2.24, 2.45) is 5.92 Å². The van der Waals surface area contributed by atoms with Crippen LogP contribution < -0.4 is 5.32 Å². The normalized spacial score (nSPS) is 23.4. The molecule has 1 N–H and O–H groups in total. The van der Waals surface area contributed by atoms with Crippen molar-refractivity contribution in [3.63, 3.8) is 0 Å². The molecule has 0 bridgehead atoms. The first-order valence-corrected chi connectivity index (χ1v) is 9.08. The molecule has 0 heterocycles. The van der Waals surface area contributed by atoms with Crippen molar-refractivity contribution in [3.8, 4) is 0 Å². The number of alkyl halides is 3. The van der Waals surface area contributed by atoms with Crippen LogP contribution in [-0.4, -0.2) is 30.7 Å². The van der Waals surface area contributed by atoms with Crippen LogP contribution in [0.25, 0.3) is 0 Å². The second-order valence-corrected chi connectivity index (χ2v) is 7.60. The molecule has 1 aliphatic carbocycles. The van der Waals surface area contributed by atoms with Crippen molar-refractivity contribution in [3.05, 3.63) is 33.8 Å². The van der Waals surface area contributed by atoms with Gasteiger partial charge in [-0.1, -0.05) is 22.0 Å². The summed E-state index contributed by atoms with van der Waals surface area (Å²) in [5.74, 6) is -2.57. The van der Waals surface area contributed by atoms with E-state index in [1.807, 2.05) is 19.1 Å². The largest absolute Gasteiger partial charge is 0.467 e. The highest BCUT2D eigenvalue weighted by Gasteiger charge is 2.50. The molecule has 0 spiro atoms.